The molecule has 0 saturated heterocycles. The Kier molecular flexibility index (Phi) is 4.26. The van der Waals surface area contributed by atoms with E-state index in [9.17, 15) is 8.78 Å². The molecule has 3 heteroatoms. The topological polar surface area (TPSA) is 0 Å². The van der Waals surface area contributed by atoms with Crippen molar-refractivity contribution >= 4 is 17.7 Å². The maximum Gasteiger partial charge on any atom is 0.131 e. The van der Waals surface area contributed by atoms with Gasteiger partial charge in [0, 0.05) is 16.1 Å². The van der Waals surface area contributed by atoms with Crippen LogP contribution in [0.3, 0.4) is 0 Å². The van der Waals surface area contributed by atoms with Gasteiger partial charge in [0.2, 0.25) is 0 Å². The number of hydrogen-bond acceptors (Lipinski definition) is 0. The Bertz CT molecular complexity index is 867. The van der Waals surface area contributed by atoms with Gasteiger partial charge >= 0.3 is 0 Å². The average molecular weight is 327 g/mol. The second kappa shape index (κ2) is 6.35. The van der Waals surface area contributed by atoms with Gasteiger partial charge in [-0.3, -0.25) is 0 Å². The molecule has 0 aliphatic carbocycles. The Morgan fingerprint density at radius 3 is 1.91 bits per heavy atom. The molecule has 0 amide bonds. The van der Waals surface area contributed by atoms with E-state index in [1.165, 1.54) is 12.1 Å². The lowest BCUT2D eigenvalue weighted by Gasteiger charge is -2.08. The summed E-state index contributed by atoms with van der Waals surface area (Å²) in [6, 6.07) is 16.4. The van der Waals surface area contributed by atoms with Crippen molar-refractivity contribution in [3.8, 4) is 22.3 Å². The van der Waals surface area contributed by atoms with Crippen molar-refractivity contribution in [1.82, 2.24) is 0 Å². The van der Waals surface area contributed by atoms with Gasteiger partial charge in [-0.05, 0) is 41.0 Å². The van der Waals surface area contributed by atoms with Crippen LogP contribution < -0.4 is 0 Å². The molecular formula is C20H13ClF2. The minimum Gasteiger partial charge on any atom is -0.206 e. The van der Waals surface area contributed by atoms with Gasteiger partial charge in [-0.1, -0.05) is 60.7 Å². The third-order valence-corrected chi connectivity index (χ3v) is 3.92. The van der Waals surface area contributed by atoms with E-state index >= 15 is 0 Å². The van der Waals surface area contributed by atoms with Gasteiger partial charge in [-0.15, -0.1) is 0 Å². The van der Waals surface area contributed by atoms with Crippen molar-refractivity contribution in [3.63, 3.8) is 0 Å². The highest BCUT2D eigenvalue weighted by molar-refractivity contribution is 6.30. The first kappa shape index (κ1) is 15.4. The van der Waals surface area contributed by atoms with Crippen LogP contribution in [-0.2, 0) is 0 Å². The van der Waals surface area contributed by atoms with Gasteiger partial charge in [0.15, 0.2) is 0 Å². The summed E-state index contributed by atoms with van der Waals surface area (Å²) in [5, 5.41) is 0.593. The highest BCUT2D eigenvalue weighted by Gasteiger charge is 2.10. The zero-order chi connectivity index (χ0) is 16.4. The molecule has 0 aliphatic rings. The fraction of sp³-hybridized carbons (Fsp3) is 0. The molecule has 23 heavy (non-hydrogen) atoms. The van der Waals surface area contributed by atoms with E-state index in [4.69, 9.17) is 11.6 Å². The van der Waals surface area contributed by atoms with Crippen LogP contribution >= 0.6 is 11.6 Å². The van der Waals surface area contributed by atoms with E-state index < -0.39 is 11.6 Å². The summed E-state index contributed by atoms with van der Waals surface area (Å²) in [6.07, 6.45) is 1.57. The highest BCUT2D eigenvalue weighted by atomic mass is 35.5. The predicted octanol–water partition coefficient (Wildman–Crippen LogP) is 6.60. The predicted molar refractivity (Wildman–Crippen MR) is 92.3 cm³/mol. The minimum absolute atomic E-state index is 0.358. The normalized spacial score (nSPS) is 10.6. The fourth-order valence-electron chi connectivity index (χ4n) is 2.44. The van der Waals surface area contributed by atoms with Gasteiger partial charge in [0.25, 0.3) is 0 Å². The van der Waals surface area contributed by atoms with Gasteiger partial charge < -0.3 is 0 Å². The quantitative estimate of drug-likeness (QED) is 0.509. The van der Waals surface area contributed by atoms with Gasteiger partial charge in [-0.25, -0.2) is 8.78 Å². The third kappa shape index (κ3) is 3.17. The fourth-order valence-corrected chi connectivity index (χ4v) is 2.56. The van der Waals surface area contributed by atoms with Crippen molar-refractivity contribution < 1.29 is 8.78 Å². The molecular weight excluding hydrogens is 314 g/mol. The Labute approximate surface area is 138 Å². The van der Waals surface area contributed by atoms with Crippen LogP contribution in [-0.4, -0.2) is 0 Å². The largest absolute Gasteiger partial charge is 0.206 e. The highest BCUT2D eigenvalue weighted by Crippen LogP contribution is 2.30. The monoisotopic (exact) mass is 326 g/mol. The summed E-state index contributed by atoms with van der Waals surface area (Å²) in [5.41, 5.74) is 2.71. The van der Waals surface area contributed by atoms with Crippen LogP contribution in [0.5, 0.6) is 0 Å². The number of benzene rings is 3. The molecule has 0 aliphatic heterocycles. The molecule has 3 aromatic rings. The lowest BCUT2D eigenvalue weighted by Crippen LogP contribution is -1.89. The lowest BCUT2D eigenvalue weighted by molar-refractivity contribution is 0.626. The molecule has 0 bridgehead atoms. The van der Waals surface area contributed by atoms with E-state index in [0.717, 1.165) is 5.56 Å². The van der Waals surface area contributed by atoms with Crippen molar-refractivity contribution in [2.45, 2.75) is 0 Å². The third-order valence-electron chi connectivity index (χ3n) is 3.66. The van der Waals surface area contributed by atoms with Crippen LogP contribution in [0, 0.1) is 11.6 Å². The van der Waals surface area contributed by atoms with E-state index in [1.807, 2.05) is 0 Å². The Hall–Kier alpha value is -2.45. The number of rotatable bonds is 3. The minimum atomic E-state index is -0.406. The van der Waals surface area contributed by atoms with E-state index in [2.05, 4.69) is 6.58 Å². The number of halogens is 3. The first-order valence-corrected chi connectivity index (χ1v) is 7.44. The van der Waals surface area contributed by atoms with Crippen molar-refractivity contribution in [1.29, 1.82) is 0 Å². The summed E-state index contributed by atoms with van der Waals surface area (Å²) in [7, 11) is 0. The van der Waals surface area contributed by atoms with Crippen LogP contribution in [0.25, 0.3) is 28.3 Å². The summed E-state index contributed by atoms with van der Waals surface area (Å²) >= 11 is 5.84. The molecule has 0 atom stereocenters. The standard InChI is InChI=1S/C20H13ClF2/c1-2-13-3-9-18(19(22)11-13)15-6-10-17(20(23)12-15)14-4-7-16(21)8-5-14/h2-12H,1H2. The van der Waals surface area contributed by atoms with Crippen molar-refractivity contribution in [3.05, 3.63) is 89.5 Å². The molecule has 0 unspecified atom stereocenters. The molecule has 0 spiro atoms. The van der Waals surface area contributed by atoms with Crippen LogP contribution in [0.15, 0.2) is 67.2 Å². The van der Waals surface area contributed by atoms with Gasteiger partial charge in [-0.2, -0.15) is 0 Å². The molecule has 114 valence electrons. The van der Waals surface area contributed by atoms with Crippen LogP contribution in [0.2, 0.25) is 5.02 Å². The van der Waals surface area contributed by atoms with E-state index in [-0.39, 0.29) is 0 Å². The number of hydrogen-bond donors (Lipinski definition) is 0. The zero-order valence-corrected chi connectivity index (χ0v) is 12.9. The second-order valence-corrected chi connectivity index (χ2v) is 5.58. The van der Waals surface area contributed by atoms with Gasteiger partial charge in [0.05, 0.1) is 0 Å². The second-order valence-electron chi connectivity index (χ2n) is 5.14. The molecule has 0 nitrogen and oxygen atoms in total. The summed E-state index contributed by atoms with van der Waals surface area (Å²) in [4.78, 5) is 0. The average Bonchev–Trinajstić information content (AvgIpc) is 2.55. The van der Waals surface area contributed by atoms with E-state index in [0.29, 0.717) is 27.3 Å². The summed E-state index contributed by atoms with van der Waals surface area (Å²) in [6.45, 7) is 3.60. The maximum atomic E-state index is 14.4. The molecule has 0 N–H and O–H groups in total. The smallest absolute Gasteiger partial charge is 0.131 e. The summed E-state index contributed by atoms with van der Waals surface area (Å²) < 4.78 is 28.6. The molecule has 3 rings (SSSR count). The SMILES string of the molecule is C=Cc1ccc(-c2ccc(-c3ccc(Cl)cc3)c(F)c2)c(F)c1. The molecule has 0 heterocycles. The van der Waals surface area contributed by atoms with Crippen LogP contribution in [0.4, 0.5) is 8.78 Å². The first-order valence-electron chi connectivity index (χ1n) is 7.06. The first-order chi connectivity index (χ1) is 11.1. The molecule has 3 aromatic carbocycles. The Morgan fingerprint density at radius 1 is 0.739 bits per heavy atom. The Balaban J connectivity index is 2.02. The van der Waals surface area contributed by atoms with Crippen LogP contribution in [0.1, 0.15) is 5.56 Å². The van der Waals surface area contributed by atoms with Crippen molar-refractivity contribution in [2.24, 2.45) is 0 Å². The van der Waals surface area contributed by atoms with Gasteiger partial charge in [0.1, 0.15) is 11.6 Å². The zero-order valence-electron chi connectivity index (χ0n) is 12.2. The molecule has 0 fully saturated rings. The Morgan fingerprint density at radius 2 is 1.30 bits per heavy atom. The van der Waals surface area contributed by atoms with Crippen molar-refractivity contribution in [2.75, 3.05) is 0 Å². The molecule has 0 aromatic heterocycles. The van der Waals surface area contributed by atoms with E-state index in [1.54, 1.807) is 54.6 Å². The summed E-state index contributed by atoms with van der Waals surface area (Å²) in [5.74, 6) is -0.807. The lowest BCUT2D eigenvalue weighted by atomic mass is 9.98. The molecule has 0 radical (unpaired) electrons. The molecule has 0 saturated carbocycles. The maximum absolute atomic E-state index is 14.4.